The quantitative estimate of drug-likeness (QED) is 0.0449. The van der Waals surface area contributed by atoms with Crippen LogP contribution in [0.1, 0.15) is 68.7 Å². The summed E-state index contributed by atoms with van der Waals surface area (Å²) in [6, 6.07) is 26.0. The van der Waals surface area contributed by atoms with Gasteiger partial charge in [-0.05, 0) is 131 Å². The second-order valence-electron chi connectivity index (χ2n) is 18.0. The van der Waals surface area contributed by atoms with Crippen LogP contribution >= 0.6 is 21.6 Å². The molecule has 0 unspecified atom stereocenters. The molecule has 0 amide bonds. The molecule has 1 aliphatic heterocycles. The number of aromatic nitrogens is 1. The normalized spacial score (nSPS) is 23.3. The number of carbonyl (C=O) groups is 1. The molecule has 5 aromatic carbocycles. The molecule has 0 spiro atoms. The molecule has 0 radical (unpaired) electrons. The van der Waals surface area contributed by atoms with E-state index < -0.39 is 42.2 Å². The minimum atomic E-state index is -1.67. The number of carbonyl (C=O) groups excluding carboxylic acids is 1. The summed E-state index contributed by atoms with van der Waals surface area (Å²) in [4.78, 5) is 20.7. The van der Waals surface area contributed by atoms with E-state index in [0.29, 0.717) is 65.5 Å². The van der Waals surface area contributed by atoms with E-state index in [0.717, 1.165) is 50.6 Å². The summed E-state index contributed by atoms with van der Waals surface area (Å²) in [7, 11) is 7.85. The highest BCUT2D eigenvalue weighted by Crippen LogP contribution is 2.52. The van der Waals surface area contributed by atoms with Gasteiger partial charge in [0.25, 0.3) is 0 Å². The molecule has 0 bridgehead atoms. The Kier molecular flexibility index (Phi) is 15.7. The lowest BCUT2D eigenvalue weighted by atomic mass is 9.55. The van der Waals surface area contributed by atoms with Crippen LogP contribution in [0.5, 0.6) is 28.7 Å². The summed E-state index contributed by atoms with van der Waals surface area (Å²) in [5, 5.41) is 74.5. The van der Waals surface area contributed by atoms with Gasteiger partial charge in [-0.25, -0.2) is 0 Å². The van der Waals surface area contributed by atoms with Crippen molar-refractivity contribution in [1.82, 2.24) is 10.3 Å². The molecule has 12 nitrogen and oxygen atoms in total. The SMILES string of the molecule is CCc1ccc2cccc3c2c1Cc1c(ccc(O)c1OC)C[C@@H](Cc1cc[n-]c1)[C@H](O)[C@@H]1C(=O)[C@](Cc2ccc(OCO)c(OC)c2)(c2cc(O)cc(CNC)c2)[C@@H](O)C[C@H]1CSS[C@H]3CO. The van der Waals surface area contributed by atoms with Crippen LogP contribution in [0.4, 0.5) is 0 Å². The van der Waals surface area contributed by atoms with Gasteiger partial charge in [-0.1, -0.05) is 88.7 Å². The molecular weight excluding hydrogens is 901 g/mol. The number of aliphatic hydroxyl groups excluding tert-OH is 4. The predicted molar refractivity (Wildman–Crippen MR) is 267 cm³/mol. The number of aromatic hydroxyl groups is 2. The van der Waals surface area contributed by atoms with Crippen molar-refractivity contribution in [2.24, 2.45) is 17.8 Å². The number of aryl methyl sites for hydroxylation is 1. The maximum atomic E-state index is 16.4. The van der Waals surface area contributed by atoms with Crippen LogP contribution in [-0.2, 0) is 48.9 Å². The fourth-order valence-electron chi connectivity index (χ4n) is 10.9. The lowest BCUT2D eigenvalue weighted by Crippen LogP contribution is -2.61. The van der Waals surface area contributed by atoms with E-state index in [9.17, 15) is 30.6 Å². The Hall–Kier alpha value is -5.19. The molecule has 1 aromatic heterocycles. The molecule has 14 heteroatoms. The van der Waals surface area contributed by atoms with Crippen LogP contribution in [0, 0.1) is 17.8 Å². The molecule has 2 heterocycles. The molecule has 1 saturated carbocycles. The Morgan fingerprint density at radius 3 is 2.46 bits per heavy atom. The Labute approximate surface area is 405 Å². The smallest absolute Gasteiger partial charge is 0.186 e. The second-order valence-corrected chi connectivity index (χ2v) is 20.7. The number of methoxy groups -OCH3 is 2. The molecule has 7 atom stereocenters. The zero-order chi connectivity index (χ0) is 48.1. The van der Waals surface area contributed by atoms with E-state index in [-0.39, 0.29) is 42.0 Å². The average molecular weight is 962 g/mol. The maximum absolute atomic E-state index is 16.4. The van der Waals surface area contributed by atoms with Gasteiger partial charge in [0.2, 0.25) is 0 Å². The van der Waals surface area contributed by atoms with Gasteiger partial charge in [-0.15, -0.1) is 0 Å². The molecule has 7 N–H and O–H groups in total. The third-order valence-corrected chi connectivity index (χ3v) is 17.0. The third-order valence-electron chi connectivity index (χ3n) is 14.1. The third kappa shape index (κ3) is 9.69. The van der Waals surface area contributed by atoms with Crippen molar-refractivity contribution in [3.8, 4) is 28.7 Å². The number of aliphatic hydroxyl groups is 4. The summed E-state index contributed by atoms with van der Waals surface area (Å²) < 4.78 is 17.1. The zero-order valence-electron chi connectivity index (χ0n) is 38.9. The van der Waals surface area contributed by atoms with Gasteiger partial charge in [0.05, 0.1) is 43.7 Å². The van der Waals surface area contributed by atoms with Crippen molar-refractivity contribution < 1.29 is 49.6 Å². The molecule has 1 fully saturated rings. The molecular formula is C54H61N2O10S2-. The van der Waals surface area contributed by atoms with Gasteiger partial charge in [-0.3, -0.25) is 4.79 Å². The number of ether oxygens (including phenoxy) is 3. The first-order valence-corrected chi connectivity index (χ1v) is 25.5. The van der Waals surface area contributed by atoms with Crippen molar-refractivity contribution >= 4 is 38.1 Å². The summed E-state index contributed by atoms with van der Waals surface area (Å²) in [5.74, 6) is -1.26. The minimum absolute atomic E-state index is 0.0159. The van der Waals surface area contributed by atoms with Crippen LogP contribution in [0.3, 0.4) is 0 Å². The number of phenolic OH excluding ortho intramolecular Hbond substituents is 2. The highest BCUT2D eigenvalue weighted by atomic mass is 33.1. The first kappa shape index (κ1) is 49.2. The van der Waals surface area contributed by atoms with Crippen molar-refractivity contribution in [1.29, 1.82) is 0 Å². The average Bonchev–Trinajstić information content (AvgIpc) is 3.85. The van der Waals surface area contributed by atoms with E-state index in [1.54, 1.807) is 62.9 Å². The standard InChI is InChI=1S/C54H61N2O10S2/c1-5-34-10-11-35-7-6-8-41-47(28-57)68-67-29-38-22-48(61)54(39-18-33(26-55-2)19-40(59)23-39,25-31-9-14-45(66-30-58)46(20-31)64-3)53(63)50(38)51(62)37(17-32-15-16-56-27-32)21-36-12-13-44(60)52(65-4)43(36)24-42(34)49(35)41/h6-16,18-20,23,27,37-38,47-48,50-51,55,57-62H,5,17,21-22,24-26,28-30H2,1-4H3/q-1/t37-,38+,47+,48+,50-,51+,54-/m1/s1. The molecule has 8 rings (SSSR count). The number of ketones is 1. The molecule has 2 aliphatic rings. The summed E-state index contributed by atoms with van der Waals surface area (Å²) in [6.07, 6.45) is 2.86. The number of nitrogens with one attached hydrogen (secondary N) is 1. The van der Waals surface area contributed by atoms with Crippen molar-refractivity contribution in [2.75, 3.05) is 40.4 Å². The number of benzene rings is 5. The summed E-state index contributed by atoms with van der Waals surface area (Å²) in [6.45, 7) is 1.76. The van der Waals surface area contributed by atoms with Gasteiger partial charge >= 0.3 is 0 Å². The number of Topliss-reactive ketones (excluding diaryl/α,β-unsaturated/α-hetero) is 1. The van der Waals surface area contributed by atoms with Gasteiger partial charge < -0.3 is 55.2 Å². The fourth-order valence-corrected chi connectivity index (χ4v) is 13.8. The largest absolute Gasteiger partial charge is 0.670 e. The second kappa shape index (κ2) is 21.6. The maximum Gasteiger partial charge on any atom is 0.186 e. The van der Waals surface area contributed by atoms with Gasteiger partial charge in [0.1, 0.15) is 5.75 Å². The van der Waals surface area contributed by atoms with E-state index in [4.69, 9.17) is 14.2 Å². The minimum Gasteiger partial charge on any atom is -0.670 e. The van der Waals surface area contributed by atoms with Crippen LogP contribution < -0.4 is 24.5 Å². The number of hydrogen-bond acceptors (Lipinski definition) is 13. The van der Waals surface area contributed by atoms with E-state index in [2.05, 4.69) is 41.5 Å². The number of fused-ring (bicyclic) bond motifs is 2. The Morgan fingerprint density at radius 2 is 1.74 bits per heavy atom. The van der Waals surface area contributed by atoms with Crippen LogP contribution in [0.2, 0.25) is 0 Å². The van der Waals surface area contributed by atoms with Crippen LogP contribution in [-0.4, -0.2) is 89.1 Å². The first-order chi connectivity index (χ1) is 33.0. The highest BCUT2D eigenvalue weighted by Gasteiger charge is 2.57. The van der Waals surface area contributed by atoms with Crippen LogP contribution in [0.25, 0.3) is 10.8 Å². The number of phenols is 2. The van der Waals surface area contributed by atoms with Gasteiger partial charge in [-0.2, -0.15) is 12.4 Å². The Balaban J connectivity index is 1.34. The van der Waals surface area contributed by atoms with Crippen molar-refractivity contribution in [2.45, 2.75) is 74.9 Å². The van der Waals surface area contributed by atoms with Crippen molar-refractivity contribution in [3.63, 3.8) is 0 Å². The number of nitrogens with zero attached hydrogens (tertiary/aromatic N) is 1. The zero-order valence-corrected chi connectivity index (χ0v) is 40.5. The van der Waals surface area contributed by atoms with Gasteiger partial charge in [0, 0.05) is 30.2 Å². The number of rotatable bonds is 13. The topological polar surface area (TPSA) is 192 Å². The van der Waals surface area contributed by atoms with Gasteiger partial charge in [0.15, 0.2) is 35.6 Å². The molecule has 0 saturated heterocycles. The van der Waals surface area contributed by atoms with Crippen molar-refractivity contribution in [3.05, 3.63) is 147 Å². The molecule has 360 valence electrons. The summed E-state index contributed by atoms with van der Waals surface area (Å²) in [5.41, 5.74) is 5.71. The van der Waals surface area contributed by atoms with E-state index >= 15 is 4.79 Å². The predicted octanol–water partition coefficient (Wildman–Crippen LogP) is 7.36. The van der Waals surface area contributed by atoms with Crippen LogP contribution in [0.15, 0.2) is 97.3 Å². The van der Waals surface area contributed by atoms with E-state index in [1.165, 1.54) is 28.7 Å². The molecule has 1 aliphatic carbocycles. The molecule has 68 heavy (non-hydrogen) atoms. The molecule has 6 aromatic rings. The highest BCUT2D eigenvalue weighted by molar-refractivity contribution is 8.76. The first-order valence-electron chi connectivity index (χ1n) is 23.1. The lowest BCUT2D eigenvalue weighted by Gasteiger charge is -2.49. The number of hydrogen-bond donors (Lipinski definition) is 7. The fraction of sp³-hybridized carbons (Fsp3) is 0.389. The Bertz CT molecular complexity index is 2710. The van der Waals surface area contributed by atoms with E-state index in [1.807, 2.05) is 24.3 Å². The summed E-state index contributed by atoms with van der Waals surface area (Å²) >= 11 is 0. The Morgan fingerprint density at radius 1 is 0.897 bits per heavy atom. The monoisotopic (exact) mass is 961 g/mol. The lowest BCUT2D eigenvalue weighted by molar-refractivity contribution is -0.149.